The summed E-state index contributed by atoms with van der Waals surface area (Å²) in [7, 11) is 0.394. The summed E-state index contributed by atoms with van der Waals surface area (Å²) in [5.41, 5.74) is 0. The van der Waals surface area contributed by atoms with E-state index < -0.39 is 9.84 Å². The molecule has 6 heteroatoms. The van der Waals surface area contributed by atoms with E-state index in [-0.39, 0.29) is 24.0 Å². The van der Waals surface area contributed by atoms with Crippen molar-refractivity contribution in [2.45, 2.75) is 6.92 Å². The van der Waals surface area contributed by atoms with E-state index in [2.05, 4.69) is 5.32 Å². The van der Waals surface area contributed by atoms with Crippen LogP contribution < -0.4 is 5.32 Å². The maximum atomic E-state index is 11.1. The van der Waals surface area contributed by atoms with Gasteiger partial charge in [-0.1, -0.05) is 6.92 Å². The zero-order valence-electron chi connectivity index (χ0n) is 8.91. The standard InChI is InChI=1S/C8H18N2O3S/c1-4-14(12,13)6-5-9-7-8(11)10(2)3/h9H,4-7H2,1-3H3. The Morgan fingerprint density at radius 2 is 1.93 bits per heavy atom. The van der Waals surface area contributed by atoms with Crippen molar-refractivity contribution in [3.63, 3.8) is 0 Å². The largest absolute Gasteiger partial charge is 0.348 e. The molecule has 1 N–H and O–H groups in total. The molecule has 0 saturated carbocycles. The van der Waals surface area contributed by atoms with Gasteiger partial charge >= 0.3 is 0 Å². The zero-order chi connectivity index (χ0) is 11.2. The van der Waals surface area contributed by atoms with Gasteiger partial charge in [0.1, 0.15) is 0 Å². The van der Waals surface area contributed by atoms with E-state index in [1.165, 1.54) is 4.90 Å². The summed E-state index contributed by atoms with van der Waals surface area (Å²) >= 11 is 0. The van der Waals surface area contributed by atoms with Crippen LogP contribution in [0.4, 0.5) is 0 Å². The van der Waals surface area contributed by atoms with Gasteiger partial charge in [0.05, 0.1) is 12.3 Å². The zero-order valence-corrected chi connectivity index (χ0v) is 9.73. The minimum Gasteiger partial charge on any atom is -0.348 e. The molecule has 0 fully saturated rings. The van der Waals surface area contributed by atoms with E-state index in [1.807, 2.05) is 0 Å². The van der Waals surface area contributed by atoms with Gasteiger partial charge in [-0.05, 0) is 0 Å². The number of hydrogen-bond donors (Lipinski definition) is 1. The highest BCUT2D eigenvalue weighted by atomic mass is 32.2. The normalized spacial score (nSPS) is 11.4. The molecule has 14 heavy (non-hydrogen) atoms. The van der Waals surface area contributed by atoms with Crippen LogP contribution in [0.1, 0.15) is 6.92 Å². The summed E-state index contributed by atoms with van der Waals surface area (Å²) in [6.45, 7) is 2.13. The SMILES string of the molecule is CCS(=O)(=O)CCNCC(=O)N(C)C. The predicted octanol–water partition coefficient (Wildman–Crippen LogP) is -0.901. The number of carbonyl (C=O) groups is 1. The fraction of sp³-hybridized carbons (Fsp3) is 0.875. The van der Waals surface area contributed by atoms with Crippen LogP contribution in [-0.4, -0.2) is 57.9 Å². The first kappa shape index (κ1) is 13.4. The third kappa shape index (κ3) is 5.93. The number of likely N-dealkylation sites (N-methyl/N-ethyl adjacent to an activating group) is 1. The Morgan fingerprint density at radius 1 is 1.36 bits per heavy atom. The third-order valence-electron chi connectivity index (χ3n) is 1.80. The van der Waals surface area contributed by atoms with Crippen molar-refractivity contribution in [1.29, 1.82) is 0 Å². The van der Waals surface area contributed by atoms with Crippen LogP contribution in [0.3, 0.4) is 0 Å². The van der Waals surface area contributed by atoms with Crippen molar-refractivity contribution in [2.24, 2.45) is 0 Å². The van der Waals surface area contributed by atoms with Crippen molar-refractivity contribution in [2.75, 3.05) is 38.7 Å². The molecule has 0 aliphatic carbocycles. The predicted molar refractivity (Wildman–Crippen MR) is 55.9 cm³/mol. The van der Waals surface area contributed by atoms with Gasteiger partial charge in [-0.15, -0.1) is 0 Å². The average Bonchev–Trinajstić information content (AvgIpc) is 2.12. The molecule has 5 nitrogen and oxygen atoms in total. The van der Waals surface area contributed by atoms with Gasteiger partial charge in [0.15, 0.2) is 9.84 Å². The molecule has 0 aliphatic rings. The summed E-state index contributed by atoms with van der Waals surface area (Å²) in [6, 6.07) is 0. The van der Waals surface area contributed by atoms with E-state index >= 15 is 0 Å². The summed E-state index contributed by atoms with van der Waals surface area (Å²) < 4.78 is 22.1. The summed E-state index contributed by atoms with van der Waals surface area (Å²) in [5.74, 6) is 0.180. The molecule has 1 amide bonds. The molecule has 0 unspecified atom stereocenters. The molecular weight excluding hydrogens is 204 g/mol. The van der Waals surface area contributed by atoms with Gasteiger partial charge in [0, 0.05) is 26.4 Å². The second kappa shape index (κ2) is 5.98. The molecule has 0 aliphatic heterocycles. The molecule has 0 spiro atoms. The van der Waals surface area contributed by atoms with Crippen molar-refractivity contribution < 1.29 is 13.2 Å². The Labute approximate surface area is 85.4 Å². The number of nitrogens with one attached hydrogen (secondary N) is 1. The molecule has 0 aromatic carbocycles. The molecule has 84 valence electrons. The number of hydrogen-bond acceptors (Lipinski definition) is 4. The fourth-order valence-electron chi connectivity index (χ4n) is 0.725. The number of sulfone groups is 1. The Morgan fingerprint density at radius 3 is 2.36 bits per heavy atom. The van der Waals surface area contributed by atoms with Gasteiger partial charge in [0.25, 0.3) is 0 Å². The highest BCUT2D eigenvalue weighted by Crippen LogP contribution is 1.86. The fourth-order valence-corrected chi connectivity index (χ4v) is 1.47. The minimum atomic E-state index is -2.93. The molecular formula is C8H18N2O3S. The lowest BCUT2D eigenvalue weighted by atomic mass is 10.5. The Bertz CT molecular complexity index is 272. The number of carbonyl (C=O) groups excluding carboxylic acids is 1. The number of nitrogens with zero attached hydrogens (tertiary/aromatic N) is 1. The van der Waals surface area contributed by atoms with Crippen molar-refractivity contribution in [3.05, 3.63) is 0 Å². The van der Waals surface area contributed by atoms with E-state index in [0.717, 1.165) is 0 Å². The maximum absolute atomic E-state index is 11.1. The van der Waals surface area contributed by atoms with Gasteiger partial charge in [0.2, 0.25) is 5.91 Å². The van der Waals surface area contributed by atoms with Crippen LogP contribution in [0.15, 0.2) is 0 Å². The van der Waals surface area contributed by atoms with Crippen molar-refractivity contribution >= 4 is 15.7 Å². The van der Waals surface area contributed by atoms with Crippen LogP contribution in [0.25, 0.3) is 0 Å². The molecule has 0 heterocycles. The number of rotatable bonds is 6. The lowest BCUT2D eigenvalue weighted by Crippen LogP contribution is -2.35. The van der Waals surface area contributed by atoms with E-state index in [1.54, 1.807) is 21.0 Å². The molecule has 0 bridgehead atoms. The Hall–Kier alpha value is -0.620. The number of amides is 1. The van der Waals surface area contributed by atoms with Crippen LogP contribution in [0.2, 0.25) is 0 Å². The maximum Gasteiger partial charge on any atom is 0.236 e. The second-order valence-corrected chi connectivity index (χ2v) is 5.67. The average molecular weight is 222 g/mol. The van der Waals surface area contributed by atoms with Crippen molar-refractivity contribution in [1.82, 2.24) is 10.2 Å². The summed E-state index contributed by atoms with van der Waals surface area (Å²) in [6.07, 6.45) is 0. The molecule has 0 aromatic heterocycles. The van der Waals surface area contributed by atoms with Crippen LogP contribution in [0.5, 0.6) is 0 Å². The first-order chi connectivity index (χ1) is 6.39. The second-order valence-electron chi connectivity index (χ2n) is 3.20. The lowest BCUT2D eigenvalue weighted by molar-refractivity contribution is -0.127. The lowest BCUT2D eigenvalue weighted by Gasteiger charge is -2.10. The third-order valence-corrected chi connectivity index (χ3v) is 3.51. The van der Waals surface area contributed by atoms with E-state index in [0.29, 0.717) is 6.54 Å². The first-order valence-electron chi connectivity index (χ1n) is 4.50. The Balaban J connectivity index is 3.63. The smallest absolute Gasteiger partial charge is 0.236 e. The molecule has 0 atom stereocenters. The topological polar surface area (TPSA) is 66.5 Å². The molecule has 0 saturated heterocycles. The highest BCUT2D eigenvalue weighted by molar-refractivity contribution is 7.91. The Kier molecular flexibility index (Phi) is 5.71. The molecule has 0 radical (unpaired) electrons. The summed E-state index contributed by atoms with van der Waals surface area (Å²) in [5, 5.41) is 2.79. The van der Waals surface area contributed by atoms with Crippen LogP contribution in [0, 0.1) is 0 Å². The first-order valence-corrected chi connectivity index (χ1v) is 6.32. The monoisotopic (exact) mass is 222 g/mol. The van der Waals surface area contributed by atoms with E-state index in [9.17, 15) is 13.2 Å². The van der Waals surface area contributed by atoms with Gasteiger partial charge in [-0.25, -0.2) is 8.42 Å². The molecule has 0 rings (SSSR count). The van der Waals surface area contributed by atoms with Gasteiger partial charge in [-0.2, -0.15) is 0 Å². The van der Waals surface area contributed by atoms with Crippen LogP contribution >= 0.6 is 0 Å². The summed E-state index contributed by atoms with van der Waals surface area (Å²) in [4.78, 5) is 12.5. The quantitative estimate of drug-likeness (QED) is 0.591. The van der Waals surface area contributed by atoms with E-state index in [4.69, 9.17) is 0 Å². The minimum absolute atomic E-state index is 0.0566. The van der Waals surface area contributed by atoms with Gasteiger partial charge in [-0.3, -0.25) is 4.79 Å². The van der Waals surface area contributed by atoms with Gasteiger partial charge < -0.3 is 10.2 Å². The van der Waals surface area contributed by atoms with Crippen LogP contribution in [-0.2, 0) is 14.6 Å². The highest BCUT2D eigenvalue weighted by Gasteiger charge is 2.07. The van der Waals surface area contributed by atoms with Crippen molar-refractivity contribution in [3.8, 4) is 0 Å². The molecule has 0 aromatic rings.